The van der Waals surface area contributed by atoms with Crippen LogP contribution in [0.15, 0.2) is 30.3 Å². The molecule has 1 rings (SSSR count). The first kappa shape index (κ1) is 20.2. The van der Waals surface area contributed by atoms with Gasteiger partial charge in [-0.1, -0.05) is 69.2 Å². The van der Waals surface area contributed by atoms with Gasteiger partial charge in [0, 0.05) is 0 Å². The number of rotatable bonds is 9. The van der Waals surface area contributed by atoms with Gasteiger partial charge in [0.1, 0.15) is 12.3 Å². The van der Waals surface area contributed by atoms with Gasteiger partial charge in [0.25, 0.3) is 0 Å². The zero-order valence-corrected chi connectivity index (χ0v) is 16.1. The van der Waals surface area contributed by atoms with Crippen molar-refractivity contribution in [3.8, 4) is 0 Å². The van der Waals surface area contributed by atoms with Gasteiger partial charge in [-0.05, 0) is 12.5 Å². The quantitative estimate of drug-likeness (QED) is 0.541. The number of ether oxygens (including phenoxy) is 2. The van der Waals surface area contributed by atoms with Crippen molar-refractivity contribution in [2.24, 2.45) is 0 Å². The molecule has 0 fully saturated rings. The van der Waals surface area contributed by atoms with Crippen LogP contribution in [0.5, 0.6) is 0 Å². The molecule has 1 unspecified atom stereocenters. The second-order valence-electron chi connectivity index (χ2n) is 5.81. The summed E-state index contributed by atoms with van der Waals surface area (Å²) in [5.41, 5.74) is 0.339. The van der Waals surface area contributed by atoms with E-state index < -0.39 is 19.8 Å². The lowest BCUT2D eigenvalue weighted by atomic mass is 10.2. The molecule has 1 N–H and O–H groups in total. The van der Waals surface area contributed by atoms with Gasteiger partial charge in [-0.15, -0.1) is 0 Å². The lowest BCUT2D eigenvalue weighted by molar-refractivity contribution is -0.143. The van der Waals surface area contributed by atoms with Crippen LogP contribution >= 0.6 is 0 Å². The van der Waals surface area contributed by atoms with E-state index in [0.29, 0.717) is 6.61 Å². The van der Waals surface area contributed by atoms with Gasteiger partial charge in [0.2, 0.25) is 0 Å². The number of benzene rings is 1. The summed E-state index contributed by atoms with van der Waals surface area (Å²) in [6.45, 7) is 8.52. The van der Waals surface area contributed by atoms with Gasteiger partial charge >= 0.3 is 12.1 Å². The van der Waals surface area contributed by atoms with Gasteiger partial charge < -0.3 is 14.8 Å². The van der Waals surface area contributed by atoms with Crippen LogP contribution < -0.4 is 5.32 Å². The van der Waals surface area contributed by atoms with Gasteiger partial charge in [0.15, 0.2) is 0 Å². The number of esters is 1. The molecule has 24 heavy (non-hydrogen) atoms. The van der Waals surface area contributed by atoms with Crippen LogP contribution in [0.3, 0.4) is 0 Å². The maximum Gasteiger partial charge on any atom is 0.407 e. The number of alkyl carbamates (subject to hydrolysis) is 1. The zero-order valence-electron chi connectivity index (χ0n) is 15.1. The first-order valence-electron chi connectivity index (χ1n) is 8.66. The Bertz CT molecular complexity index is 509. The molecule has 1 aromatic carbocycles. The summed E-state index contributed by atoms with van der Waals surface area (Å²) in [5, 5.41) is 2.79. The molecular weight excluding hydrogens is 322 g/mol. The SMILES string of the molecule is CCOC(=O)C(NC(=O)OCc1ccccc1)[Si](CC)(CC)CC. The Labute approximate surface area is 145 Å². The Balaban J connectivity index is 2.80. The summed E-state index contributed by atoms with van der Waals surface area (Å²) in [4.78, 5) is 24.6. The summed E-state index contributed by atoms with van der Waals surface area (Å²) >= 11 is 0. The van der Waals surface area contributed by atoms with Gasteiger partial charge in [-0.2, -0.15) is 0 Å². The number of hydrogen-bond acceptors (Lipinski definition) is 4. The van der Waals surface area contributed by atoms with Crippen molar-refractivity contribution in [1.29, 1.82) is 0 Å². The molecule has 1 atom stereocenters. The highest BCUT2D eigenvalue weighted by molar-refractivity contribution is 6.83. The molecule has 0 aliphatic heterocycles. The first-order valence-corrected chi connectivity index (χ1v) is 11.4. The largest absolute Gasteiger partial charge is 0.465 e. The molecule has 0 aliphatic carbocycles. The molecular formula is C18H29NO4Si. The molecule has 0 aromatic heterocycles. The van der Waals surface area contributed by atoms with Crippen molar-refractivity contribution < 1.29 is 19.1 Å². The van der Waals surface area contributed by atoms with Gasteiger partial charge in [0.05, 0.1) is 14.7 Å². The average Bonchev–Trinajstić information content (AvgIpc) is 2.62. The molecule has 0 saturated carbocycles. The summed E-state index contributed by atoms with van der Waals surface area (Å²) in [6, 6.07) is 12.2. The number of nitrogens with one attached hydrogen (secondary N) is 1. The smallest absolute Gasteiger partial charge is 0.407 e. The van der Waals surface area contributed by atoms with Crippen molar-refractivity contribution in [2.45, 2.75) is 58.1 Å². The average molecular weight is 352 g/mol. The van der Waals surface area contributed by atoms with Crippen LogP contribution in [-0.2, 0) is 20.9 Å². The van der Waals surface area contributed by atoms with E-state index in [1.165, 1.54) is 0 Å². The summed E-state index contributed by atoms with van der Waals surface area (Å²) in [7, 11) is -2.00. The summed E-state index contributed by atoms with van der Waals surface area (Å²) in [6.07, 6.45) is -0.566. The van der Waals surface area contributed by atoms with E-state index >= 15 is 0 Å². The topological polar surface area (TPSA) is 64.6 Å². The normalized spacial score (nSPS) is 12.3. The predicted octanol–water partition coefficient (Wildman–Crippen LogP) is 3.89. The van der Waals surface area contributed by atoms with Crippen LogP contribution in [0.2, 0.25) is 18.1 Å². The molecule has 0 radical (unpaired) electrons. The fourth-order valence-electron chi connectivity index (χ4n) is 2.93. The molecule has 0 saturated heterocycles. The Morgan fingerprint density at radius 1 is 1.00 bits per heavy atom. The minimum absolute atomic E-state index is 0.182. The highest BCUT2D eigenvalue weighted by Gasteiger charge is 2.43. The number of carbonyl (C=O) groups is 2. The standard InChI is InChI=1S/C18H29NO4Si/c1-5-22-17(20)16(24(6-2,7-3)8-4)19-18(21)23-14-15-12-10-9-11-13-15/h9-13,16H,5-8,14H2,1-4H3,(H,19,21). The van der Waals surface area contributed by atoms with Crippen LogP contribution in [0.25, 0.3) is 0 Å². The zero-order chi connectivity index (χ0) is 18.0. The van der Waals surface area contributed by atoms with E-state index in [9.17, 15) is 9.59 Å². The van der Waals surface area contributed by atoms with Crippen LogP contribution in [0.1, 0.15) is 33.3 Å². The Hall–Kier alpha value is -1.82. The lowest BCUT2D eigenvalue weighted by Gasteiger charge is -2.35. The van der Waals surface area contributed by atoms with Crippen molar-refractivity contribution in [2.75, 3.05) is 6.61 Å². The van der Waals surface area contributed by atoms with Gasteiger partial charge in [-0.25, -0.2) is 4.79 Å². The van der Waals surface area contributed by atoms with Gasteiger partial charge in [-0.3, -0.25) is 4.79 Å². The molecule has 1 amide bonds. The third kappa shape index (κ3) is 5.37. The minimum atomic E-state index is -2.00. The molecule has 0 spiro atoms. The fraction of sp³-hybridized carbons (Fsp3) is 0.556. The Kier molecular flexibility index (Phi) is 8.53. The highest BCUT2D eigenvalue weighted by Crippen LogP contribution is 2.25. The third-order valence-corrected chi connectivity index (χ3v) is 10.6. The summed E-state index contributed by atoms with van der Waals surface area (Å²) in [5.74, 6) is -0.341. The minimum Gasteiger partial charge on any atom is -0.465 e. The van der Waals surface area contributed by atoms with Crippen molar-refractivity contribution in [3.05, 3.63) is 35.9 Å². The highest BCUT2D eigenvalue weighted by atomic mass is 28.3. The lowest BCUT2D eigenvalue weighted by Crippen LogP contribution is -2.60. The maximum atomic E-state index is 12.4. The van der Waals surface area contributed by atoms with Crippen molar-refractivity contribution in [1.82, 2.24) is 5.32 Å². The number of amides is 1. The Morgan fingerprint density at radius 3 is 2.08 bits per heavy atom. The van der Waals surface area contributed by atoms with Crippen LogP contribution in [0, 0.1) is 0 Å². The second kappa shape index (κ2) is 10.1. The van der Waals surface area contributed by atoms with E-state index in [4.69, 9.17) is 9.47 Å². The van der Waals surface area contributed by atoms with Crippen LogP contribution in [-0.4, -0.2) is 32.4 Å². The molecule has 0 aliphatic rings. The first-order chi connectivity index (χ1) is 11.5. The predicted molar refractivity (Wildman–Crippen MR) is 97.4 cm³/mol. The third-order valence-electron chi connectivity index (χ3n) is 4.72. The van der Waals surface area contributed by atoms with Crippen molar-refractivity contribution >= 4 is 20.1 Å². The molecule has 6 heteroatoms. The van der Waals surface area contributed by atoms with Crippen molar-refractivity contribution in [3.63, 3.8) is 0 Å². The Morgan fingerprint density at radius 2 is 1.58 bits per heavy atom. The summed E-state index contributed by atoms with van der Waals surface area (Å²) < 4.78 is 10.5. The molecule has 0 heterocycles. The van der Waals surface area contributed by atoms with Crippen LogP contribution in [0.4, 0.5) is 4.79 Å². The second-order valence-corrected chi connectivity index (χ2v) is 11.2. The van der Waals surface area contributed by atoms with E-state index in [2.05, 4.69) is 26.1 Å². The number of hydrogen-bond donors (Lipinski definition) is 1. The monoisotopic (exact) mass is 351 g/mol. The number of carbonyl (C=O) groups excluding carboxylic acids is 2. The fourth-order valence-corrected chi connectivity index (χ4v) is 6.66. The molecule has 134 valence electrons. The van der Waals surface area contributed by atoms with E-state index in [1.54, 1.807) is 6.92 Å². The van der Waals surface area contributed by atoms with E-state index in [1.807, 2.05) is 30.3 Å². The van der Waals surface area contributed by atoms with E-state index in [0.717, 1.165) is 23.7 Å². The van der Waals surface area contributed by atoms with E-state index in [-0.39, 0.29) is 12.6 Å². The molecule has 5 nitrogen and oxygen atoms in total. The molecule has 1 aromatic rings. The molecule has 0 bridgehead atoms. The maximum absolute atomic E-state index is 12.4.